The zero-order valence-corrected chi connectivity index (χ0v) is 11.5. The first kappa shape index (κ1) is 13.1. The molecule has 5 nitrogen and oxygen atoms in total. The van der Waals surface area contributed by atoms with Gasteiger partial charge in [-0.1, -0.05) is 24.3 Å². The van der Waals surface area contributed by atoms with E-state index in [2.05, 4.69) is 15.4 Å². The van der Waals surface area contributed by atoms with Crippen molar-refractivity contribution in [2.24, 2.45) is 0 Å². The zero-order chi connectivity index (χ0) is 14.7. The molecular weight excluding hydrogens is 264 g/mol. The van der Waals surface area contributed by atoms with Crippen LogP contribution in [0.5, 0.6) is 0 Å². The van der Waals surface area contributed by atoms with Gasteiger partial charge < -0.3 is 5.32 Å². The lowest BCUT2D eigenvalue weighted by Crippen LogP contribution is -2.10. The standard InChI is InChI=1S/C16H14N4O/c1-12(21)18-16-11-15(14-9-5-6-10-17-14)19-20(16)13-7-3-2-4-8-13/h2-11H,1H3,(H,18,21). The van der Waals surface area contributed by atoms with E-state index < -0.39 is 0 Å². The van der Waals surface area contributed by atoms with Crippen LogP contribution in [0.25, 0.3) is 17.1 Å². The van der Waals surface area contributed by atoms with Crippen LogP contribution in [0, 0.1) is 0 Å². The highest BCUT2D eigenvalue weighted by molar-refractivity contribution is 5.88. The second-order valence-corrected chi connectivity index (χ2v) is 4.56. The summed E-state index contributed by atoms with van der Waals surface area (Å²) in [6, 6.07) is 17.1. The molecular formula is C16H14N4O. The quantitative estimate of drug-likeness (QED) is 0.801. The molecule has 1 amide bonds. The Morgan fingerprint density at radius 2 is 1.81 bits per heavy atom. The molecule has 2 aromatic heterocycles. The summed E-state index contributed by atoms with van der Waals surface area (Å²) < 4.78 is 1.70. The van der Waals surface area contributed by atoms with Crippen LogP contribution >= 0.6 is 0 Å². The number of rotatable bonds is 3. The summed E-state index contributed by atoms with van der Waals surface area (Å²) >= 11 is 0. The van der Waals surface area contributed by atoms with Gasteiger partial charge >= 0.3 is 0 Å². The smallest absolute Gasteiger partial charge is 0.222 e. The van der Waals surface area contributed by atoms with Gasteiger partial charge in [-0.3, -0.25) is 9.78 Å². The molecule has 5 heteroatoms. The molecule has 3 rings (SSSR count). The van der Waals surface area contributed by atoms with Crippen LogP contribution < -0.4 is 5.32 Å². The van der Waals surface area contributed by atoms with Crippen molar-refractivity contribution in [3.63, 3.8) is 0 Å². The number of para-hydroxylation sites is 1. The van der Waals surface area contributed by atoms with Crippen molar-refractivity contribution in [1.82, 2.24) is 14.8 Å². The normalized spacial score (nSPS) is 10.3. The van der Waals surface area contributed by atoms with E-state index in [1.54, 1.807) is 10.9 Å². The van der Waals surface area contributed by atoms with Gasteiger partial charge in [0.15, 0.2) is 0 Å². The largest absolute Gasteiger partial charge is 0.311 e. The lowest BCUT2D eigenvalue weighted by atomic mass is 10.3. The zero-order valence-electron chi connectivity index (χ0n) is 11.5. The van der Waals surface area contributed by atoms with Crippen molar-refractivity contribution in [2.75, 3.05) is 5.32 Å². The van der Waals surface area contributed by atoms with Gasteiger partial charge in [0.25, 0.3) is 0 Å². The summed E-state index contributed by atoms with van der Waals surface area (Å²) in [5.41, 5.74) is 2.35. The Kier molecular flexibility index (Phi) is 3.47. The summed E-state index contributed by atoms with van der Waals surface area (Å²) in [6.45, 7) is 1.47. The van der Waals surface area contributed by atoms with Gasteiger partial charge in [0, 0.05) is 19.2 Å². The predicted molar refractivity (Wildman–Crippen MR) is 81.1 cm³/mol. The molecule has 21 heavy (non-hydrogen) atoms. The van der Waals surface area contributed by atoms with Crippen molar-refractivity contribution in [1.29, 1.82) is 0 Å². The molecule has 0 aliphatic heterocycles. The molecule has 0 spiro atoms. The van der Waals surface area contributed by atoms with E-state index in [9.17, 15) is 4.79 Å². The molecule has 0 aliphatic carbocycles. The SMILES string of the molecule is CC(=O)Nc1cc(-c2ccccn2)nn1-c1ccccc1. The van der Waals surface area contributed by atoms with Gasteiger partial charge in [-0.05, 0) is 24.3 Å². The van der Waals surface area contributed by atoms with Gasteiger partial charge in [-0.15, -0.1) is 0 Å². The van der Waals surface area contributed by atoms with Gasteiger partial charge in [0.1, 0.15) is 11.5 Å². The molecule has 0 atom stereocenters. The highest BCUT2D eigenvalue weighted by atomic mass is 16.1. The summed E-state index contributed by atoms with van der Waals surface area (Å²) in [5.74, 6) is 0.481. The maximum atomic E-state index is 11.4. The molecule has 0 radical (unpaired) electrons. The summed E-state index contributed by atoms with van der Waals surface area (Å²) in [6.07, 6.45) is 1.72. The molecule has 3 aromatic rings. The molecule has 0 fully saturated rings. The van der Waals surface area contributed by atoms with Crippen molar-refractivity contribution < 1.29 is 4.79 Å². The number of aromatic nitrogens is 3. The molecule has 1 aromatic carbocycles. The Bertz CT molecular complexity index is 750. The Hall–Kier alpha value is -2.95. The maximum absolute atomic E-state index is 11.4. The topological polar surface area (TPSA) is 59.8 Å². The fraction of sp³-hybridized carbons (Fsp3) is 0.0625. The lowest BCUT2D eigenvalue weighted by molar-refractivity contribution is -0.114. The van der Waals surface area contributed by atoms with Crippen molar-refractivity contribution in [3.05, 3.63) is 60.8 Å². The number of amides is 1. The first-order chi connectivity index (χ1) is 10.2. The van der Waals surface area contributed by atoms with E-state index in [0.717, 1.165) is 11.4 Å². The minimum atomic E-state index is -0.139. The van der Waals surface area contributed by atoms with Crippen LogP contribution in [0.15, 0.2) is 60.8 Å². The Balaban J connectivity index is 2.10. The van der Waals surface area contributed by atoms with Crippen molar-refractivity contribution in [3.8, 4) is 17.1 Å². The van der Waals surface area contributed by atoms with E-state index in [4.69, 9.17) is 0 Å². The van der Waals surface area contributed by atoms with Gasteiger partial charge in [0.2, 0.25) is 5.91 Å². The number of anilines is 1. The average molecular weight is 278 g/mol. The number of nitrogens with zero attached hydrogens (tertiary/aromatic N) is 3. The number of pyridine rings is 1. The molecule has 0 bridgehead atoms. The van der Waals surface area contributed by atoms with Gasteiger partial charge in [-0.2, -0.15) is 5.10 Å². The van der Waals surface area contributed by atoms with E-state index >= 15 is 0 Å². The summed E-state index contributed by atoms with van der Waals surface area (Å²) in [5, 5.41) is 7.34. The van der Waals surface area contributed by atoms with Crippen LogP contribution in [0.4, 0.5) is 5.82 Å². The number of benzene rings is 1. The van der Waals surface area contributed by atoms with Gasteiger partial charge in [-0.25, -0.2) is 4.68 Å². The number of nitrogens with one attached hydrogen (secondary N) is 1. The monoisotopic (exact) mass is 278 g/mol. The maximum Gasteiger partial charge on any atom is 0.222 e. The average Bonchev–Trinajstić information content (AvgIpc) is 2.92. The predicted octanol–water partition coefficient (Wildman–Crippen LogP) is 2.89. The first-order valence-electron chi connectivity index (χ1n) is 6.58. The Morgan fingerprint density at radius 3 is 2.48 bits per heavy atom. The number of hydrogen-bond acceptors (Lipinski definition) is 3. The Morgan fingerprint density at radius 1 is 1.05 bits per heavy atom. The van der Waals surface area contributed by atoms with Crippen molar-refractivity contribution >= 4 is 11.7 Å². The van der Waals surface area contributed by atoms with Crippen LogP contribution in [-0.2, 0) is 4.79 Å². The minimum Gasteiger partial charge on any atom is -0.311 e. The third-order valence-electron chi connectivity index (χ3n) is 2.94. The minimum absolute atomic E-state index is 0.139. The molecule has 2 heterocycles. The number of carbonyl (C=O) groups excluding carboxylic acids is 1. The van der Waals surface area contributed by atoms with Crippen LogP contribution in [0.1, 0.15) is 6.92 Å². The molecule has 0 aliphatic rings. The fourth-order valence-corrected chi connectivity index (χ4v) is 2.06. The third-order valence-corrected chi connectivity index (χ3v) is 2.94. The number of carbonyl (C=O) groups is 1. The second kappa shape index (κ2) is 5.58. The number of hydrogen-bond donors (Lipinski definition) is 1. The van der Waals surface area contributed by atoms with E-state index in [1.807, 2.05) is 54.6 Å². The third kappa shape index (κ3) is 2.81. The van der Waals surface area contributed by atoms with E-state index in [1.165, 1.54) is 6.92 Å². The molecule has 104 valence electrons. The lowest BCUT2D eigenvalue weighted by Gasteiger charge is -2.06. The molecule has 0 unspecified atom stereocenters. The van der Waals surface area contributed by atoms with E-state index in [0.29, 0.717) is 11.5 Å². The van der Waals surface area contributed by atoms with Gasteiger partial charge in [0.05, 0.1) is 11.4 Å². The molecule has 0 saturated carbocycles. The van der Waals surface area contributed by atoms with Crippen molar-refractivity contribution in [2.45, 2.75) is 6.92 Å². The van der Waals surface area contributed by atoms with Crippen LogP contribution in [-0.4, -0.2) is 20.7 Å². The van der Waals surface area contributed by atoms with Crippen LogP contribution in [0.2, 0.25) is 0 Å². The second-order valence-electron chi connectivity index (χ2n) is 4.56. The fourth-order valence-electron chi connectivity index (χ4n) is 2.06. The highest BCUT2D eigenvalue weighted by Gasteiger charge is 2.12. The highest BCUT2D eigenvalue weighted by Crippen LogP contribution is 2.23. The van der Waals surface area contributed by atoms with Crippen LogP contribution in [0.3, 0.4) is 0 Å². The summed E-state index contributed by atoms with van der Waals surface area (Å²) in [4.78, 5) is 15.7. The Labute approximate surface area is 122 Å². The summed E-state index contributed by atoms with van der Waals surface area (Å²) in [7, 11) is 0. The molecule has 1 N–H and O–H groups in total. The molecule has 0 saturated heterocycles. The first-order valence-corrected chi connectivity index (χ1v) is 6.58. The van der Waals surface area contributed by atoms with E-state index in [-0.39, 0.29) is 5.91 Å².